The van der Waals surface area contributed by atoms with Gasteiger partial charge in [0.2, 0.25) is 0 Å². The molecule has 0 saturated heterocycles. The van der Waals surface area contributed by atoms with Gasteiger partial charge in [-0.1, -0.05) is 11.6 Å². The van der Waals surface area contributed by atoms with E-state index in [1.807, 2.05) is 6.92 Å². The number of rotatable bonds is 5. The van der Waals surface area contributed by atoms with Gasteiger partial charge < -0.3 is 9.84 Å². The molecule has 2 rings (SSSR count). The van der Waals surface area contributed by atoms with E-state index in [-0.39, 0.29) is 17.3 Å². The first kappa shape index (κ1) is 15.1. The Bertz CT molecular complexity index is 692. The molecule has 21 heavy (non-hydrogen) atoms. The minimum absolute atomic E-state index is 0.0113. The van der Waals surface area contributed by atoms with Gasteiger partial charge >= 0.3 is 0 Å². The monoisotopic (exact) mass is 306 g/mol. The Morgan fingerprint density at radius 2 is 2.29 bits per heavy atom. The number of aromatic hydroxyl groups is 1. The lowest BCUT2D eigenvalue weighted by atomic mass is 10.1. The van der Waals surface area contributed by atoms with Gasteiger partial charge in [0.15, 0.2) is 17.3 Å². The minimum Gasteiger partial charge on any atom is -0.504 e. The van der Waals surface area contributed by atoms with Gasteiger partial charge in [0.1, 0.15) is 5.69 Å². The van der Waals surface area contributed by atoms with Crippen molar-refractivity contribution in [3.63, 3.8) is 0 Å². The number of hydrogen-bond donors (Lipinski definition) is 1. The fourth-order valence-corrected chi connectivity index (χ4v) is 1.98. The van der Waals surface area contributed by atoms with Gasteiger partial charge in [-0.25, -0.2) is 0 Å². The van der Waals surface area contributed by atoms with E-state index in [9.17, 15) is 9.90 Å². The normalized spacial score (nSPS) is 11.0. The molecule has 0 spiro atoms. The SMILES string of the molecule is CCn1cc(Cl)c(/C=C/C(=O)c2ccc(O)c(OC)c2)n1. The third-order valence-corrected chi connectivity index (χ3v) is 3.22. The van der Waals surface area contributed by atoms with Crippen molar-refractivity contribution >= 4 is 23.5 Å². The maximum Gasteiger partial charge on any atom is 0.186 e. The van der Waals surface area contributed by atoms with Crippen LogP contribution in [-0.4, -0.2) is 27.8 Å². The molecule has 5 nitrogen and oxygen atoms in total. The lowest BCUT2D eigenvalue weighted by Crippen LogP contribution is -1.96. The third-order valence-electron chi connectivity index (χ3n) is 2.92. The summed E-state index contributed by atoms with van der Waals surface area (Å²) in [5.41, 5.74) is 0.949. The molecule has 0 unspecified atom stereocenters. The number of phenols is 1. The highest BCUT2D eigenvalue weighted by Gasteiger charge is 2.08. The van der Waals surface area contributed by atoms with E-state index in [4.69, 9.17) is 16.3 Å². The maximum atomic E-state index is 12.1. The van der Waals surface area contributed by atoms with Crippen LogP contribution in [0.2, 0.25) is 5.02 Å². The van der Waals surface area contributed by atoms with Crippen LogP contribution in [-0.2, 0) is 6.54 Å². The van der Waals surface area contributed by atoms with Crippen molar-refractivity contribution in [2.75, 3.05) is 7.11 Å². The fraction of sp³-hybridized carbons (Fsp3) is 0.200. The van der Waals surface area contributed by atoms with Gasteiger partial charge in [0.05, 0.1) is 12.1 Å². The van der Waals surface area contributed by atoms with E-state index in [1.54, 1.807) is 17.0 Å². The summed E-state index contributed by atoms with van der Waals surface area (Å²) in [6, 6.07) is 4.42. The molecule has 0 aliphatic rings. The average molecular weight is 307 g/mol. The smallest absolute Gasteiger partial charge is 0.186 e. The second-order valence-electron chi connectivity index (χ2n) is 4.30. The standard InChI is InChI=1S/C15H15ClN2O3/c1-3-18-9-11(16)12(17-18)5-7-13(19)10-4-6-14(20)15(8-10)21-2/h4-9,20H,3H2,1-2H3/b7-5+. The molecule has 0 aliphatic carbocycles. The molecule has 2 aromatic rings. The zero-order valence-electron chi connectivity index (χ0n) is 11.7. The Labute approximate surface area is 127 Å². The molecule has 0 fully saturated rings. The summed E-state index contributed by atoms with van der Waals surface area (Å²) in [5, 5.41) is 14.2. The number of halogens is 1. The van der Waals surface area contributed by atoms with Crippen LogP contribution in [0.4, 0.5) is 0 Å². The summed E-state index contributed by atoms with van der Waals surface area (Å²) >= 11 is 6.02. The largest absolute Gasteiger partial charge is 0.504 e. The zero-order chi connectivity index (χ0) is 15.4. The van der Waals surface area contributed by atoms with Crippen molar-refractivity contribution in [3.05, 3.63) is 46.8 Å². The predicted molar refractivity (Wildman–Crippen MR) is 80.9 cm³/mol. The average Bonchev–Trinajstić information content (AvgIpc) is 2.85. The summed E-state index contributed by atoms with van der Waals surface area (Å²) in [7, 11) is 1.43. The molecule has 1 aromatic heterocycles. The molecule has 0 amide bonds. The molecule has 0 aliphatic heterocycles. The van der Waals surface area contributed by atoms with Gasteiger partial charge in [-0.2, -0.15) is 5.10 Å². The third kappa shape index (κ3) is 3.44. The first-order valence-electron chi connectivity index (χ1n) is 6.37. The number of allylic oxidation sites excluding steroid dienone is 1. The number of ketones is 1. The molecule has 0 saturated carbocycles. The number of hydrogen-bond acceptors (Lipinski definition) is 4. The number of nitrogens with zero attached hydrogens (tertiary/aromatic N) is 2. The van der Waals surface area contributed by atoms with Crippen molar-refractivity contribution < 1.29 is 14.6 Å². The Hall–Kier alpha value is -2.27. The Kier molecular flexibility index (Phi) is 4.65. The quantitative estimate of drug-likeness (QED) is 0.680. The number of carbonyl (C=O) groups is 1. The first-order valence-corrected chi connectivity index (χ1v) is 6.75. The predicted octanol–water partition coefficient (Wildman–Crippen LogP) is 3.17. The molecule has 0 atom stereocenters. The molecular weight excluding hydrogens is 292 g/mol. The van der Waals surface area contributed by atoms with Crippen molar-refractivity contribution in [1.82, 2.24) is 9.78 Å². The van der Waals surface area contributed by atoms with Crippen molar-refractivity contribution in [3.8, 4) is 11.5 Å². The van der Waals surface area contributed by atoms with Gasteiger partial charge in [-0.3, -0.25) is 9.48 Å². The Balaban J connectivity index is 2.20. The molecule has 110 valence electrons. The maximum absolute atomic E-state index is 12.1. The second kappa shape index (κ2) is 6.45. The molecular formula is C15H15ClN2O3. The van der Waals surface area contributed by atoms with Crippen molar-refractivity contribution in [2.45, 2.75) is 13.5 Å². The van der Waals surface area contributed by atoms with Crippen LogP contribution in [0.25, 0.3) is 6.08 Å². The van der Waals surface area contributed by atoms with Crippen LogP contribution in [0.15, 0.2) is 30.5 Å². The fourth-order valence-electron chi connectivity index (χ4n) is 1.77. The summed E-state index contributed by atoms with van der Waals surface area (Å²) in [4.78, 5) is 12.1. The van der Waals surface area contributed by atoms with Crippen LogP contribution in [0, 0.1) is 0 Å². The minimum atomic E-state index is -0.226. The molecule has 0 radical (unpaired) electrons. The number of carbonyl (C=O) groups excluding carboxylic acids is 1. The number of phenolic OH excluding ortho intramolecular Hbond substituents is 1. The summed E-state index contributed by atoms with van der Waals surface area (Å²) in [5.74, 6) is 0.0146. The number of ether oxygens (including phenoxy) is 1. The molecule has 1 N–H and O–H groups in total. The second-order valence-corrected chi connectivity index (χ2v) is 4.71. The number of aryl methyl sites for hydroxylation is 1. The van der Waals surface area contributed by atoms with E-state index in [0.29, 0.717) is 22.8 Å². The molecule has 6 heteroatoms. The van der Waals surface area contributed by atoms with Crippen LogP contribution in [0.3, 0.4) is 0 Å². The van der Waals surface area contributed by atoms with Crippen molar-refractivity contribution in [1.29, 1.82) is 0 Å². The van der Waals surface area contributed by atoms with Crippen LogP contribution in [0.1, 0.15) is 23.0 Å². The van der Waals surface area contributed by atoms with E-state index < -0.39 is 0 Å². The number of benzene rings is 1. The van der Waals surface area contributed by atoms with Gasteiger partial charge in [0, 0.05) is 18.3 Å². The van der Waals surface area contributed by atoms with Gasteiger partial charge in [-0.15, -0.1) is 0 Å². The molecule has 1 heterocycles. The molecule has 0 bridgehead atoms. The van der Waals surface area contributed by atoms with Crippen LogP contribution in [0.5, 0.6) is 11.5 Å². The van der Waals surface area contributed by atoms with E-state index in [2.05, 4.69) is 5.10 Å². The highest BCUT2D eigenvalue weighted by Crippen LogP contribution is 2.26. The summed E-state index contributed by atoms with van der Waals surface area (Å²) < 4.78 is 6.66. The first-order chi connectivity index (χ1) is 10.0. The van der Waals surface area contributed by atoms with E-state index in [1.165, 1.54) is 31.4 Å². The van der Waals surface area contributed by atoms with Gasteiger partial charge in [0.25, 0.3) is 0 Å². The van der Waals surface area contributed by atoms with Crippen molar-refractivity contribution in [2.24, 2.45) is 0 Å². The molecule has 1 aromatic carbocycles. The zero-order valence-corrected chi connectivity index (χ0v) is 12.5. The lowest BCUT2D eigenvalue weighted by molar-refractivity contribution is 0.104. The van der Waals surface area contributed by atoms with E-state index >= 15 is 0 Å². The van der Waals surface area contributed by atoms with Crippen LogP contribution >= 0.6 is 11.6 Å². The highest BCUT2D eigenvalue weighted by molar-refractivity contribution is 6.31. The summed E-state index contributed by atoms with van der Waals surface area (Å²) in [6.45, 7) is 2.65. The van der Waals surface area contributed by atoms with Crippen LogP contribution < -0.4 is 4.74 Å². The highest BCUT2D eigenvalue weighted by atomic mass is 35.5. The lowest BCUT2D eigenvalue weighted by Gasteiger charge is -2.04. The number of aromatic nitrogens is 2. The van der Waals surface area contributed by atoms with Gasteiger partial charge in [-0.05, 0) is 37.3 Å². The topological polar surface area (TPSA) is 64.4 Å². The number of methoxy groups -OCH3 is 1. The Morgan fingerprint density at radius 3 is 2.90 bits per heavy atom. The Morgan fingerprint density at radius 1 is 1.52 bits per heavy atom. The summed E-state index contributed by atoms with van der Waals surface area (Å²) in [6.07, 6.45) is 4.66. The van der Waals surface area contributed by atoms with E-state index in [0.717, 1.165) is 0 Å².